The lowest BCUT2D eigenvalue weighted by atomic mass is 10.2. The molecule has 0 atom stereocenters. The fraction of sp³-hybridized carbons (Fsp3) is 0.350. The Bertz CT molecular complexity index is 965. The summed E-state index contributed by atoms with van der Waals surface area (Å²) in [5.41, 5.74) is 6.95. The first-order valence-corrected chi connectivity index (χ1v) is 9.55. The summed E-state index contributed by atoms with van der Waals surface area (Å²) in [4.78, 5) is 15.9. The normalized spacial score (nSPS) is 11.2. The Hall–Kier alpha value is -3.05. The molecular weight excluding hydrogens is 388 g/mol. The van der Waals surface area contributed by atoms with Crippen molar-refractivity contribution in [3.8, 4) is 22.8 Å². The molecule has 0 amide bonds. The SMILES string of the molecule is COCCOc1ccc(-c2nnc(CN(CO)CCN)n2-c2ccc(=O)[nH]c2)cc1. The minimum atomic E-state index is -0.201. The maximum Gasteiger partial charge on any atom is 0.248 e. The van der Waals surface area contributed by atoms with Crippen LogP contribution in [0, 0.1) is 0 Å². The largest absolute Gasteiger partial charge is 0.491 e. The molecule has 0 radical (unpaired) electrons. The highest BCUT2D eigenvalue weighted by atomic mass is 16.5. The number of aliphatic hydroxyl groups is 1. The monoisotopic (exact) mass is 414 g/mol. The van der Waals surface area contributed by atoms with Gasteiger partial charge in [0.05, 0.1) is 25.6 Å². The summed E-state index contributed by atoms with van der Waals surface area (Å²) in [5, 5.41) is 18.3. The van der Waals surface area contributed by atoms with Crippen LogP contribution >= 0.6 is 0 Å². The van der Waals surface area contributed by atoms with Gasteiger partial charge in [0.2, 0.25) is 5.56 Å². The molecule has 0 saturated heterocycles. The molecule has 0 aliphatic carbocycles. The van der Waals surface area contributed by atoms with Gasteiger partial charge >= 0.3 is 0 Å². The predicted octanol–water partition coefficient (Wildman–Crippen LogP) is 0.358. The number of ether oxygens (including phenoxy) is 2. The first-order chi connectivity index (χ1) is 14.7. The van der Waals surface area contributed by atoms with Crippen molar-refractivity contribution in [2.24, 2.45) is 5.73 Å². The van der Waals surface area contributed by atoms with Gasteiger partial charge in [-0.1, -0.05) is 0 Å². The molecule has 0 aliphatic rings. The van der Waals surface area contributed by atoms with E-state index in [9.17, 15) is 9.90 Å². The Morgan fingerprint density at radius 2 is 1.97 bits per heavy atom. The zero-order valence-corrected chi connectivity index (χ0v) is 16.8. The molecule has 10 heteroatoms. The number of H-pyrrole nitrogens is 1. The van der Waals surface area contributed by atoms with E-state index in [0.717, 1.165) is 11.3 Å². The van der Waals surface area contributed by atoms with Crippen molar-refractivity contribution in [1.82, 2.24) is 24.6 Å². The molecule has 0 aliphatic heterocycles. The highest BCUT2D eigenvalue weighted by Gasteiger charge is 2.18. The smallest absolute Gasteiger partial charge is 0.248 e. The lowest BCUT2D eigenvalue weighted by Gasteiger charge is -2.19. The zero-order chi connectivity index (χ0) is 21.3. The van der Waals surface area contributed by atoms with Crippen LogP contribution in [0.1, 0.15) is 5.82 Å². The Morgan fingerprint density at radius 1 is 1.17 bits per heavy atom. The van der Waals surface area contributed by atoms with Crippen LogP contribution < -0.4 is 16.0 Å². The van der Waals surface area contributed by atoms with Crippen molar-refractivity contribution >= 4 is 0 Å². The number of nitrogens with two attached hydrogens (primary N) is 1. The van der Waals surface area contributed by atoms with Gasteiger partial charge < -0.3 is 25.3 Å². The maximum absolute atomic E-state index is 11.5. The van der Waals surface area contributed by atoms with Crippen LogP contribution in [0.3, 0.4) is 0 Å². The molecule has 0 bridgehead atoms. The van der Waals surface area contributed by atoms with E-state index in [-0.39, 0.29) is 12.3 Å². The highest BCUT2D eigenvalue weighted by Crippen LogP contribution is 2.25. The van der Waals surface area contributed by atoms with Gasteiger partial charge in [0, 0.05) is 38.0 Å². The lowest BCUT2D eigenvalue weighted by molar-refractivity contribution is 0.101. The van der Waals surface area contributed by atoms with Crippen molar-refractivity contribution in [2.45, 2.75) is 6.54 Å². The van der Waals surface area contributed by atoms with Crippen LogP contribution in [0.5, 0.6) is 5.75 Å². The molecule has 0 saturated carbocycles. The van der Waals surface area contributed by atoms with Gasteiger partial charge in [-0.3, -0.25) is 14.3 Å². The molecular formula is C20H26N6O4. The number of nitrogens with zero attached hydrogens (tertiary/aromatic N) is 4. The molecule has 10 nitrogen and oxygen atoms in total. The van der Waals surface area contributed by atoms with Gasteiger partial charge in [-0.15, -0.1) is 10.2 Å². The summed E-state index contributed by atoms with van der Waals surface area (Å²) >= 11 is 0. The quantitative estimate of drug-likeness (QED) is 0.303. The summed E-state index contributed by atoms with van der Waals surface area (Å²) in [7, 11) is 1.62. The van der Waals surface area contributed by atoms with Gasteiger partial charge in [-0.05, 0) is 30.3 Å². The number of pyridine rings is 1. The molecule has 0 fully saturated rings. The summed E-state index contributed by atoms with van der Waals surface area (Å²) in [5.74, 6) is 1.94. The predicted molar refractivity (Wildman–Crippen MR) is 111 cm³/mol. The fourth-order valence-electron chi connectivity index (χ4n) is 2.94. The van der Waals surface area contributed by atoms with E-state index in [2.05, 4.69) is 15.2 Å². The summed E-state index contributed by atoms with van der Waals surface area (Å²) in [6, 6.07) is 10.6. The molecule has 160 valence electrons. The zero-order valence-electron chi connectivity index (χ0n) is 16.8. The average Bonchev–Trinajstić information content (AvgIpc) is 3.18. The minimum absolute atomic E-state index is 0.154. The number of aliphatic hydroxyl groups excluding tert-OH is 1. The minimum Gasteiger partial charge on any atom is -0.491 e. The second kappa shape index (κ2) is 10.6. The van der Waals surface area contributed by atoms with Crippen molar-refractivity contribution in [3.05, 3.63) is 58.8 Å². The molecule has 0 unspecified atom stereocenters. The van der Waals surface area contributed by atoms with E-state index in [4.69, 9.17) is 15.2 Å². The van der Waals surface area contributed by atoms with Crippen LogP contribution in [0.4, 0.5) is 0 Å². The lowest BCUT2D eigenvalue weighted by Crippen LogP contribution is -2.31. The average molecular weight is 414 g/mol. The first-order valence-electron chi connectivity index (χ1n) is 9.55. The maximum atomic E-state index is 11.5. The molecule has 2 aromatic heterocycles. The summed E-state index contributed by atoms with van der Waals surface area (Å²) in [6.07, 6.45) is 1.60. The molecule has 4 N–H and O–H groups in total. The van der Waals surface area contributed by atoms with E-state index in [1.54, 1.807) is 24.3 Å². The van der Waals surface area contributed by atoms with Crippen molar-refractivity contribution in [2.75, 3.05) is 40.1 Å². The Balaban J connectivity index is 1.95. The summed E-state index contributed by atoms with van der Waals surface area (Å²) in [6.45, 7) is 2.08. The van der Waals surface area contributed by atoms with Gasteiger partial charge in [-0.25, -0.2) is 0 Å². The molecule has 30 heavy (non-hydrogen) atoms. The van der Waals surface area contributed by atoms with Gasteiger partial charge in [0.1, 0.15) is 12.4 Å². The number of rotatable bonds is 11. The Morgan fingerprint density at radius 3 is 2.60 bits per heavy atom. The van der Waals surface area contributed by atoms with Gasteiger partial charge in [-0.2, -0.15) is 0 Å². The van der Waals surface area contributed by atoms with Gasteiger partial charge in [0.15, 0.2) is 11.6 Å². The number of methoxy groups -OCH3 is 1. The number of nitrogens with one attached hydrogen (secondary N) is 1. The van der Waals surface area contributed by atoms with Crippen LogP contribution in [0.2, 0.25) is 0 Å². The van der Waals surface area contributed by atoms with Crippen LogP contribution in [-0.4, -0.2) is 69.9 Å². The Labute approximate surface area is 173 Å². The van der Waals surface area contributed by atoms with E-state index in [0.29, 0.717) is 50.2 Å². The van der Waals surface area contributed by atoms with Crippen molar-refractivity contribution < 1.29 is 14.6 Å². The van der Waals surface area contributed by atoms with Crippen LogP contribution in [0.25, 0.3) is 17.1 Å². The van der Waals surface area contributed by atoms with E-state index >= 15 is 0 Å². The number of aromatic nitrogens is 4. The standard InChI is InChI=1S/C20H26N6O4/c1-29-10-11-30-17-5-2-15(3-6-17)20-24-23-18(13-25(14-27)9-8-21)26(20)16-4-7-19(28)22-12-16/h2-7,12,27H,8-11,13-14,21H2,1H3,(H,22,28). The summed E-state index contributed by atoms with van der Waals surface area (Å²) < 4.78 is 12.4. The first kappa shape index (κ1) is 21.7. The fourth-order valence-corrected chi connectivity index (χ4v) is 2.94. The number of hydrogen-bond acceptors (Lipinski definition) is 8. The number of benzene rings is 1. The van der Waals surface area contributed by atoms with Crippen molar-refractivity contribution in [3.63, 3.8) is 0 Å². The molecule has 0 spiro atoms. The van der Waals surface area contributed by atoms with Gasteiger partial charge in [0.25, 0.3) is 0 Å². The molecule has 2 heterocycles. The van der Waals surface area contributed by atoms with Crippen LogP contribution in [-0.2, 0) is 11.3 Å². The van der Waals surface area contributed by atoms with Crippen LogP contribution in [0.15, 0.2) is 47.4 Å². The number of hydrogen-bond donors (Lipinski definition) is 3. The van der Waals surface area contributed by atoms with E-state index in [1.807, 2.05) is 28.8 Å². The molecule has 3 aromatic rings. The topological polar surface area (TPSA) is 132 Å². The van der Waals surface area contributed by atoms with E-state index in [1.165, 1.54) is 6.07 Å². The molecule has 1 aromatic carbocycles. The third-order valence-electron chi connectivity index (χ3n) is 4.44. The third-order valence-corrected chi connectivity index (χ3v) is 4.44. The highest BCUT2D eigenvalue weighted by molar-refractivity contribution is 5.59. The number of aromatic amines is 1. The molecule has 3 rings (SSSR count). The van der Waals surface area contributed by atoms with Crippen molar-refractivity contribution in [1.29, 1.82) is 0 Å². The second-order valence-corrected chi connectivity index (χ2v) is 6.53. The Kier molecular flexibility index (Phi) is 7.69. The third kappa shape index (κ3) is 5.30. The van der Waals surface area contributed by atoms with E-state index < -0.39 is 0 Å². The second-order valence-electron chi connectivity index (χ2n) is 6.53.